The molecule has 0 fully saturated rings. The van der Waals surface area contributed by atoms with Crippen LogP contribution in [0, 0.1) is 0 Å². The second kappa shape index (κ2) is 19.4. The van der Waals surface area contributed by atoms with Gasteiger partial charge in [-0.15, -0.1) is 0 Å². The lowest BCUT2D eigenvalue weighted by atomic mass is 10.1. The normalized spacial score (nSPS) is 12.0. The summed E-state index contributed by atoms with van der Waals surface area (Å²) in [6, 6.07) is 0. The topological polar surface area (TPSA) is 35.5 Å². The summed E-state index contributed by atoms with van der Waals surface area (Å²) in [6.07, 6.45) is 17.0. The summed E-state index contributed by atoms with van der Waals surface area (Å²) in [5.41, 5.74) is 0. The zero-order chi connectivity index (χ0) is 18.6. The molecule has 0 atom stereocenters. The predicted octanol–water partition coefficient (Wildman–Crippen LogP) is 8.80. The highest BCUT2D eigenvalue weighted by Gasteiger charge is 2.18. The second-order valence-electron chi connectivity index (χ2n) is 7.05. The summed E-state index contributed by atoms with van der Waals surface area (Å²) >= 11 is 3.12. The first-order valence-corrected chi connectivity index (χ1v) is 14.3. The van der Waals surface area contributed by atoms with Crippen LogP contribution in [-0.2, 0) is 13.6 Å². The largest absolute Gasteiger partial charge is 0.396 e. The van der Waals surface area contributed by atoms with Crippen molar-refractivity contribution in [3.8, 4) is 0 Å². The van der Waals surface area contributed by atoms with Gasteiger partial charge >= 0.3 is 6.30 Å². The van der Waals surface area contributed by atoms with Crippen molar-refractivity contribution in [3.63, 3.8) is 0 Å². The summed E-state index contributed by atoms with van der Waals surface area (Å²) in [7, 11) is 0. The molecule has 0 aliphatic carbocycles. The van der Waals surface area contributed by atoms with Crippen LogP contribution in [0.3, 0.4) is 0 Å². The summed E-state index contributed by atoms with van der Waals surface area (Å²) in [6.45, 7) is 5.53. The predicted molar refractivity (Wildman–Crippen MR) is 114 cm³/mol. The van der Waals surface area contributed by atoms with E-state index in [0.29, 0.717) is 13.2 Å². The van der Waals surface area contributed by atoms with Gasteiger partial charge in [0.1, 0.15) is 0 Å². The van der Waals surface area contributed by atoms with Crippen molar-refractivity contribution in [1.82, 2.24) is 0 Å². The Morgan fingerprint density at radius 3 is 1.16 bits per heavy atom. The molecule has 3 nitrogen and oxygen atoms in total. The Bertz CT molecular complexity index is 287. The van der Waals surface area contributed by atoms with Crippen molar-refractivity contribution in [1.29, 1.82) is 0 Å². The third-order valence-electron chi connectivity index (χ3n) is 4.49. The minimum Gasteiger partial charge on any atom is -0.301 e. The fourth-order valence-corrected chi connectivity index (χ4v) is 4.49. The van der Waals surface area contributed by atoms with Crippen molar-refractivity contribution in [2.45, 2.75) is 117 Å². The van der Waals surface area contributed by atoms with Crippen LogP contribution in [0.5, 0.6) is 0 Å². The summed E-state index contributed by atoms with van der Waals surface area (Å²) in [5.74, 6) is 0. The van der Waals surface area contributed by atoms with E-state index in [1.54, 1.807) is 0 Å². The molecule has 0 unspecified atom stereocenters. The average molecular weight is 441 g/mol. The molecule has 0 aromatic rings. The van der Waals surface area contributed by atoms with Crippen LogP contribution in [0.15, 0.2) is 0 Å². The first-order chi connectivity index (χ1) is 12.1. The van der Waals surface area contributed by atoms with Crippen LogP contribution >= 0.6 is 21.8 Å². The molecule has 0 aromatic heterocycles. The van der Waals surface area contributed by atoms with E-state index in [2.05, 4.69) is 29.3 Å². The standard InChI is InChI=1S/C20H42BrO3P/c1-3-5-7-9-11-13-15-17-19-23-25(21,22)24-20-18-16-14-12-10-8-6-4-2/h3-20H2,1-2H3. The Morgan fingerprint density at radius 2 is 0.840 bits per heavy atom. The molecular weight excluding hydrogens is 399 g/mol. The molecule has 0 N–H and O–H groups in total. The van der Waals surface area contributed by atoms with E-state index in [1.165, 1.54) is 77.0 Å². The second-order valence-corrected chi connectivity index (χ2v) is 11.0. The zero-order valence-corrected chi connectivity index (χ0v) is 19.3. The van der Waals surface area contributed by atoms with Crippen molar-refractivity contribution < 1.29 is 13.6 Å². The van der Waals surface area contributed by atoms with Gasteiger partial charge in [0.15, 0.2) is 0 Å². The molecule has 0 bridgehead atoms. The van der Waals surface area contributed by atoms with Gasteiger partial charge in [-0.1, -0.05) is 104 Å². The maximum atomic E-state index is 12.1. The minimum atomic E-state index is -3.02. The maximum absolute atomic E-state index is 12.1. The monoisotopic (exact) mass is 440 g/mol. The molecule has 0 aromatic carbocycles. The van der Waals surface area contributed by atoms with E-state index in [9.17, 15) is 4.57 Å². The fourth-order valence-electron chi connectivity index (χ4n) is 2.86. The highest BCUT2D eigenvalue weighted by atomic mass is 79.9. The number of unbranched alkanes of at least 4 members (excludes halogenated alkanes) is 14. The lowest BCUT2D eigenvalue weighted by molar-refractivity contribution is 0.213. The van der Waals surface area contributed by atoms with Gasteiger partial charge in [-0.2, -0.15) is 0 Å². The van der Waals surface area contributed by atoms with Crippen LogP contribution < -0.4 is 0 Å². The molecule has 152 valence electrons. The molecule has 0 rings (SSSR count). The van der Waals surface area contributed by atoms with Crippen molar-refractivity contribution in [2.75, 3.05) is 13.2 Å². The van der Waals surface area contributed by atoms with Gasteiger partial charge in [0.25, 0.3) is 0 Å². The molecule has 0 saturated carbocycles. The van der Waals surface area contributed by atoms with E-state index in [0.717, 1.165) is 25.7 Å². The molecule has 0 amide bonds. The number of rotatable bonds is 20. The van der Waals surface area contributed by atoms with Crippen LogP contribution in [0.4, 0.5) is 0 Å². The van der Waals surface area contributed by atoms with Crippen molar-refractivity contribution in [3.05, 3.63) is 0 Å². The quantitative estimate of drug-likeness (QED) is 0.140. The lowest BCUT2D eigenvalue weighted by Gasteiger charge is -2.12. The Labute approximate surface area is 165 Å². The molecule has 0 heterocycles. The number of hydrogen-bond donors (Lipinski definition) is 0. The SMILES string of the molecule is CCCCCCCCCCOP(=O)(Br)OCCCCCCCCCC. The minimum absolute atomic E-state index is 0.523. The van der Waals surface area contributed by atoms with Crippen LogP contribution in [0.2, 0.25) is 0 Å². The Kier molecular flexibility index (Phi) is 19.9. The molecule has 0 aliphatic heterocycles. The van der Waals surface area contributed by atoms with Gasteiger partial charge in [-0.05, 0) is 12.8 Å². The summed E-state index contributed by atoms with van der Waals surface area (Å²) < 4.78 is 22.9. The number of hydrogen-bond acceptors (Lipinski definition) is 3. The first-order valence-electron chi connectivity index (χ1n) is 10.7. The van der Waals surface area contributed by atoms with Crippen LogP contribution in [0.25, 0.3) is 0 Å². The molecule has 5 heteroatoms. The third kappa shape index (κ3) is 20.8. The van der Waals surface area contributed by atoms with Gasteiger partial charge < -0.3 is 9.05 Å². The highest BCUT2D eigenvalue weighted by molar-refractivity contribution is 9.39. The van der Waals surface area contributed by atoms with E-state index in [1.807, 2.05) is 0 Å². The molecule has 25 heavy (non-hydrogen) atoms. The molecular formula is C20H42BrO3P. The Hall–Kier alpha value is 0.630. The lowest BCUT2D eigenvalue weighted by Crippen LogP contribution is -1.96. The van der Waals surface area contributed by atoms with Gasteiger partial charge in [-0.3, -0.25) is 0 Å². The molecule has 0 radical (unpaired) electrons. The maximum Gasteiger partial charge on any atom is 0.396 e. The van der Waals surface area contributed by atoms with Gasteiger partial charge in [-0.25, -0.2) is 4.57 Å². The fraction of sp³-hybridized carbons (Fsp3) is 1.00. The smallest absolute Gasteiger partial charge is 0.301 e. The molecule has 0 saturated heterocycles. The number of halogens is 1. The van der Waals surface area contributed by atoms with E-state index in [4.69, 9.17) is 9.05 Å². The highest BCUT2D eigenvalue weighted by Crippen LogP contribution is 2.56. The molecule has 0 spiro atoms. The average Bonchev–Trinajstić information content (AvgIpc) is 2.59. The summed E-state index contributed by atoms with van der Waals surface area (Å²) in [5, 5.41) is 0. The van der Waals surface area contributed by atoms with Crippen molar-refractivity contribution in [2.24, 2.45) is 0 Å². The third-order valence-corrected chi connectivity index (χ3v) is 6.70. The Morgan fingerprint density at radius 1 is 0.560 bits per heavy atom. The first kappa shape index (κ1) is 25.6. The van der Waals surface area contributed by atoms with Gasteiger partial charge in [0, 0.05) is 15.5 Å². The van der Waals surface area contributed by atoms with Crippen LogP contribution in [-0.4, -0.2) is 13.2 Å². The van der Waals surface area contributed by atoms with E-state index >= 15 is 0 Å². The summed E-state index contributed by atoms with van der Waals surface area (Å²) in [4.78, 5) is 0. The van der Waals surface area contributed by atoms with Crippen LogP contribution in [0.1, 0.15) is 117 Å². The Balaban J connectivity index is 3.34. The van der Waals surface area contributed by atoms with E-state index in [-0.39, 0.29) is 0 Å². The zero-order valence-electron chi connectivity index (χ0n) is 16.8. The van der Waals surface area contributed by atoms with Gasteiger partial charge in [0.2, 0.25) is 0 Å². The molecule has 0 aliphatic rings. The van der Waals surface area contributed by atoms with Gasteiger partial charge in [0.05, 0.1) is 13.2 Å². The van der Waals surface area contributed by atoms with Crippen molar-refractivity contribution >= 4 is 21.8 Å². The van der Waals surface area contributed by atoms with E-state index < -0.39 is 6.30 Å².